The Bertz CT molecular complexity index is 6210. The van der Waals surface area contributed by atoms with E-state index in [0.717, 1.165) is 0 Å². The SMILES string of the molecule is c1cc2c3c(c1)-c1cc4c5cccc6c5n(c4cc1C3c1cccc3c1B2c1ccc(-n2c4ccccc4c4ccccc42)c2c4ccccc4n-3c12)-c1cccc2c1B6c1ccc(-n3c4ccccc4c4ccccc43)c3c4ccccc4n-2c13. The first-order valence-corrected chi connectivity index (χ1v) is 30.4. The number of nitrogens with zero attached hydrogens (tertiary/aromatic N) is 5. The highest BCUT2D eigenvalue weighted by atomic mass is 15.1. The summed E-state index contributed by atoms with van der Waals surface area (Å²) in [5.74, 6) is 0.0731. The average molecular weight is 1080 g/mol. The summed E-state index contributed by atoms with van der Waals surface area (Å²) in [5.41, 5.74) is 34.2. The van der Waals surface area contributed by atoms with E-state index in [4.69, 9.17) is 0 Å². The Morgan fingerprint density at radius 1 is 0.244 bits per heavy atom. The number of para-hydroxylation sites is 7. The second kappa shape index (κ2) is 14.8. The number of hydrogen-bond acceptors (Lipinski definition) is 0. The van der Waals surface area contributed by atoms with Crippen LogP contribution in [0.1, 0.15) is 22.6 Å². The number of aromatic nitrogens is 5. The molecule has 0 N–H and O–H groups in total. The third kappa shape index (κ3) is 4.79. The van der Waals surface area contributed by atoms with Gasteiger partial charge in [-0.25, -0.2) is 0 Å². The molecular weight excluding hydrogens is 1040 g/mol. The standard InChI is InChI=1S/C79H43B2N5/c1-7-28-59-43(17-1)44-18-2-8-29-60(44)82(59)65-39-37-57-78-73(65)49-21-5-11-32-63(49)84(78)67-34-15-25-51-71-54-42-70-53(41-52(54)47-23-13-26-55(72(47)71)80(57)75(51)67)48-24-14-27-56-77(48)86(70)69-36-16-35-68-76(69)81(56)58-38-40-66(74-50-22-6-12-33-64(50)85(68)79(58)74)83-61-30-9-3-19-45(61)46-20-4-10-31-62(46)83/h1-42,71H. The van der Waals surface area contributed by atoms with Crippen LogP contribution in [0.2, 0.25) is 0 Å². The molecule has 9 heterocycles. The molecule has 390 valence electrons. The Labute approximate surface area is 492 Å². The minimum absolute atomic E-state index is 0.0339. The zero-order valence-electron chi connectivity index (χ0n) is 46.2. The van der Waals surface area contributed by atoms with E-state index in [1.807, 2.05) is 0 Å². The summed E-state index contributed by atoms with van der Waals surface area (Å²) in [7, 11) is 0. The molecule has 0 spiro atoms. The van der Waals surface area contributed by atoms with Gasteiger partial charge in [0.05, 0.1) is 61.0 Å². The first-order chi connectivity index (χ1) is 42.8. The highest BCUT2D eigenvalue weighted by Crippen LogP contribution is 2.53. The summed E-state index contributed by atoms with van der Waals surface area (Å²) in [4.78, 5) is 0. The van der Waals surface area contributed by atoms with Crippen LogP contribution < -0.4 is 32.8 Å². The van der Waals surface area contributed by atoms with Crippen molar-refractivity contribution in [3.8, 4) is 39.6 Å². The van der Waals surface area contributed by atoms with Crippen LogP contribution in [0, 0.1) is 0 Å². The van der Waals surface area contributed by atoms with Gasteiger partial charge in [0, 0.05) is 82.4 Å². The van der Waals surface area contributed by atoms with Crippen molar-refractivity contribution in [1.29, 1.82) is 0 Å². The Kier molecular flexibility index (Phi) is 7.53. The molecule has 0 fully saturated rings. The van der Waals surface area contributed by atoms with Crippen molar-refractivity contribution in [2.75, 3.05) is 0 Å². The largest absolute Gasteiger partial charge is 0.310 e. The quantitative estimate of drug-likeness (QED) is 0.154. The van der Waals surface area contributed by atoms with E-state index >= 15 is 0 Å². The topological polar surface area (TPSA) is 24.6 Å². The summed E-state index contributed by atoms with van der Waals surface area (Å²) in [6, 6.07) is 97.8. The summed E-state index contributed by atoms with van der Waals surface area (Å²) in [6.07, 6.45) is 0. The zero-order valence-corrected chi connectivity index (χ0v) is 46.2. The normalized spacial score (nSPS) is 14.6. The lowest BCUT2D eigenvalue weighted by Gasteiger charge is -2.36. The van der Waals surface area contributed by atoms with Gasteiger partial charge in [0.15, 0.2) is 0 Å². The van der Waals surface area contributed by atoms with Crippen molar-refractivity contribution in [1.82, 2.24) is 22.8 Å². The van der Waals surface area contributed by atoms with E-state index in [1.165, 1.54) is 198 Å². The van der Waals surface area contributed by atoms with Crippen LogP contribution in [0.3, 0.4) is 0 Å². The van der Waals surface area contributed by atoms with Crippen molar-refractivity contribution in [2.24, 2.45) is 0 Å². The molecule has 5 aromatic heterocycles. The van der Waals surface area contributed by atoms with Gasteiger partial charge in [-0.05, 0) is 134 Å². The molecule has 7 heteroatoms. The molecule has 4 aliphatic heterocycles. The average Bonchev–Trinajstić information content (AvgIpc) is 1.48. The molecule has 0 amide bonds. The molecule has 0 radical (unpaired) electrons. The summed E-state index contributed by atoms with van der Waals surface area (Å²) >= 11 is 0. The zero-order chi connectivity index (χ0) is 55.1. The van der Waals surface area contributed by atoms with Gasteiger partial charge >= 0.3 is 0 Å². The maximum atomic E-state index is 2.67. The molecule has 0 saturated heterocycles. The predicted octanol–water partition coefficient (Wildman–Crippen LogP) is 14.6. The third-order valence-electron chi connectivity index (χ3n) is 21.3. The lowest BCUT2D eigenvalue weighted by Crippen LogP contribution is -2.60. The van der Waals surface area contributed by atoms with Crippen LogP contribution in [-0.4, -0.2) is 36.3 Å². The fraction of sp³-hybridized carbons (Fsp3) is 0.0127. The van der Waals surface area contributed by atoms with Crippen molar-refractivity contribution >= 4 is 155 Å². The lowest BCUT2D eigenvalue weighted by molar-refractivity contribution is 1.01. The van der Waals surface area contributed by atoms with E-state index in [9.17, 15) is 0 Å². The number of hydrogen-bond donors (Lipinski definition) is 0. The van der Waals surface area contributed by atoms with Crippen molar-refractivity contribution in [2.45, 2.75) is 5.92 Å². The minimum Gasteiger partial charge on any atom is -0.310 e. The van der Waals surface area contributed by atoms with Crippen LogP contribution in [0.15, 0.2) is 255 Å². The minimum atomic E-state index is 0.0339. The summed E-state index contributed by atoms with van der Waals surface area (Å²) < 4.78 is 13.0. The fourth-order valence-electron chi connectivity index (χ4n) is 18.4. The first kappa shape index (κ1) is 43.6. The summed E-state index contributed by atoms with van der Waals surface area (Å²) in [6.45, 7) is 0.0991. The van der Waals surface area contributed by atoms with Gasteiger partial charge in [-0.1, -0.05) is 181 Å². The maximum Gasteiger partial charge on any atom is 0.252 e. The predicted molar refractivity (Wildman–Crippen MR) is 360 cm³/mol. The Hall–Kier alpha value is -11.0. The van der Waals surface area contributed by atoms with Gasteiger partial charge in [0.1, 0.15) is 0 Å². The number of benzene rings is 13. The van der Waals surface area contributed by atoms with Crippen molar-refractivity contribution < 1.29 is 0 Å². The smallest absolute Gasteiger partial charge is 0.252 e. The molecular formula is C79H43B2N5. The van der Waals surface area contributed by atoms with Crippen LogP contribution >= 0.6 is 0 Å². The van der Waals surface area contributed by atoms with Gasteiger partial charge in [-0.3, -0.25) is 0 Å². The molecule has 1 unspecified atom stereocenters. The van der Waals surface area contributed by atoms with Crippen LogP contribution in [-0.2, 0) is 0 Å². The number of fused-ring (bicyclic) bond motifs is 26. The lowest BCUT2D eigenvalue weighted by atomic mass is 9.31. The Balaban J connectivity index is 0.762. The Morgan fingerprint density at radius 2 is 0.663 bits per heavy atom. The highest BCUT2D eigenvalue weighted by Gasteiger charge is 2.48. The molecule has 1 atom stereocenters. The molecule has 1 aliphatic carbocycles. The monoisotopic (exact) mass is 1080 g/mol. The van der Waals surface area contributed by atoms with Gasteiger partial charge in [-0.2, -0.15) is 0 Å². The summed E-state index contributed by atoms with van der Waals surface area (Å²) in [5, 5.41) is 12.9. The molecule has 0 bridgehead atoms. The van der Waals surface area contributed by atoms with Crippen molar-refractivity contribution in [3.63, 3.8) is 0 Å². The molecule has 18 aromatic rings. The molecule has 23 rings (SSSR count). The third-order valence-corrected chi connectivity index (χ3v) is 21.3. The molecule has 5 nitrogen and oxygen atoms in total. The maximum absolute atomic E-state index is 2.67. The second-order valence-electron chi connectivity index (χ2n) is 24.9. The van der Waals surface area contributed by atoms with Gasteiger partial charge in [0.25, 0.3) is 6.71 Å². The van der Waals surface area contributed by atoms with Crippen LogP contribution in [0.25, 0.3) is 149 Å². The Morgan fingerprint density at radius 3 is 1.22 bits per heavy atom. The van der Waals surface area contributed by atoms with Crippen molar-refractivity contribution in [3.05, 3.63) is 271 Å². The van der Waals surface area contributed by atoms with Gasteiger partial charge in [0.2, 0.25) is 6.71 Å². The molecule has 13 aromatic carbocycles. The van der Waals surface area contributed by atoms with E-state index < -0.39 is 0 Å². The molecule has 5 aliphatic rings. The van der Waals surface area contributed by atoms with E-state index in [2.05, 4.69) is 278 Å². The van der Waals surface area contributed by atoms with E-state index in [-0.39, 0.29) is 19.3 Å². The fourth-order valence-corrected chi connectivity index (χ4v) is 18.4. The van der Waals surface area contributed by atoms with E-state index in [1.54, 1.807) is 0 Å². The van der Waals surface area contributed by atoms with Gasteiger partial charge < -0.3 is 22.8 Å². The molecule has 0 saturated carbocycles. The highest BCUT2D eigenvalue weighted by molar-refractivity contribution is 7.00. The van der Waals surface area contributed by atoms with E-state index in [0.29, 0.717) is 0 Å². The number of rotatable bonds is 2. The van der Waals surface area contributed by atoms with Crippen LogP contribution in [0.4, 0.5) is 0 Å². The van der Waals surface area contributed by atoms with Crippen LogP contribution in [0.5, 0.6) is 0 Å². The second-order valence-corrected chi connectivity index (χ2v) is 24.9. The molecule has 86 heavy (non-hydrogen) atoms. The van der Waals surface area contributed by atoms with Gasteiger partial charge in [-0.15, -0.1) is 0 Å². The first-order valence-electron chi connectivity index (χ1n) is 30.4.